The molecular formula is C17H18FN3O. The van der Waals surface area contributed by atoms with Crippen molar-refractivity contribution in [3.63, 3.8) is 0 Å². The molecule has 0 bridgehead atoms. The quantitative estimate of drug-likeness (QED) is 0.866. The molecule has 0 aromatic heterocycles. The number of halogens is 1. The van der Waals surface area contributed by atoms with Crippen molar-refractivity contribution in [3.8, 4) is 0 Å². The first-order chi connectivity index (χ1) is 10.6. The summed E-state index contributed by atoms with van der Waals surface area (Å²) in [5.74, 6) is -0.497. The number of nitrogens with zero attached hydrogens (tertiary/aromatic N) is 2. The molecule has 5 heteroatoms. The van der Waals surface area contributed by atoms with E-state index in [1.165, 1.54) is 12.1 Å². The Morgan fingerprint density at radius 3 is 2.32 bits per heavy atom. The first kappa shape index (κ1) is 14.4. The lowest BCUT2D eigenvalue weighted by Gasteiger charge is -2.36. The molecule has 2 aromatic rings. The van der Waals surface area contributed by atoms with E-state index in [0.29, 0.717) is 18.7 Å². The Hall–Kier alpha value is -2.56. The van der Waals surface area contributed by atoms with Crippen LogP contribution in [0.1, 0.15) is 10.4 Å². The molecule has 3 rings (SSSR count). The highest BCUT2D eigenvalue weighted by Gasteiger charge is 2.22. The van der Waals surface area contributed by atoms with Gasteiger partial charge in [-0.05, 0) is 42.5 Å². The average Bonchev–Trinajstić information content (AvgIpc) is 2.55. The molecular weight excluding hydrogens is 281 g/mol. The number of nitrogen functional groups attached to an aromatic ring is 1. The van der Waals surface area contributed by atoms with Crippen LogP contribution in [-0.2, 0) is 0 Å². The van der Waals surface area contributed by atoms with Gasteiger partial charge >= 0.3 is 0 Å². The Labute approximate surface area is 128 Å². The first-order valence-corrected chi connectivity index (χ1v) is 7.29. The summed E-state index contributed by atoms with van der Waals surface area (Å²) in [5, 5.41) is 0. The van der Waals surface area contributed by atoms with E-state index in [1.807, 2.05) is 24.3 Å². The number of anilines is 2. The van der Waals surface area contributed by atoms with Gasteiger partial charge in [0.25, 0.3) is 5.91 Å². The smallest absolute Gasteiger partial charge is 0.254 e. The van der Waals surface area contributed by atoms with Crippen LogP contribution < -0.4 is 10.6 Å². The van der Waals surface area contributed by atoms with Gasteiger partial charge in [0.2, 0.25) is 0 Å². The predicted molar refractivity (Wildman–Crippen MR) is 85.4 cm³/mol. The fraction of sp³-hybridized carbons (Fsp3) is 0.235. The normalized spacial score (nSPS) is 15.0. The van der Waals surface area contributed by atoms with Gasteiger partial charge in [0.15, 0.2) is 0 Å². The Bertz CT molecular complexity index is 664. The number of piperazine rings is 1. The van der Waals surface area contributed by atoms with Gasteiger partial charge < -0.3 is 15.5 Å². The van der Waals surface area contributed by atoms with Gasteiger partial charge in [-0.3, -0.25) is 4.79 Å². The monoisotopic (exact) mass is 299 g/mol. The second kappa shape index (κ2) is 6.05. The summed E-state index contributed by atoms with van der Waals surface area (Å²) >= 11 is 0. The standard InChI is InChI=1S/C17H18FN3O/c18-14-3-1-2-13(12-14)17(22)21-10-8-20(9-11-21)16-6-4-15(19)5-7-16/h1-7,12H,8-11,19H2. The Kier molecular flexibility index (Phi) is 3.96. The summed E-state index contributed by atoms with van der Waals surface area (Å²) in [6.45, 7) is 2.76. The molecule has 0 spiro atoms. The molecule has 0 unspecified atom stereocenters. The average molecular weight is 299 g/mol. The van der Waals surface area contributed by atoms with Gasteiger partial charge in [-0.2, -0.15) is 0 Å². The highest BCUT2D eigenvalue weighted by molar-refractivity contribution is 5.94. The predicted octanol–water partition coefficient (Wildman–Crippen LogP) is 2.37. The summed E-state index contributed by atoms with van der Waals surface area (Å²) in [5.41, 5.74) is 7.94. The number of nitrogens with two attached hydrogens (primary N) is 1. The minimum atomic E-state index is -0.383. The van der Waals surface area contributed by atoms with Crippen LogP contribution in [0.15, 0.2) is 48.5 Å². The number of carbonyl (C=O) groups is 1. The first-order valence-electron chi connectivity index (χ1n) is 7.29. The van der Waals surface area contributed by atoms with Gasteiger partial charge in [0, 0.05) is 43.1 Å². The van der Waals surface area contributed by atoms with Crippen molar-refractivity contribution in [2.45, 2.75) is 0 Å². The van der Waals surface area contributed by atoms with Crippen LogP contribution in [0.25, 0.3) is 0 Å². The van der Waals surface area contributed by atoms with E-state index in [-0.39, 0.29) is 11.7 Å². The summed E-state index contributed by atoms with van der Waals surface area (Å²) in [6.07, 6.45) is 0. The summed E-state index contributed by atoms with van der Waals surface area (Å²) in [4.78, 5) is 16.3. The second-order valence-electron chi connectivity index (χ2n) is 5.38. The SMILES string of the molecule is Nc1ccc(N2CCN(C(=O)c3cccc(F)c3)CC2)cc1. The molecule has 22 heavy (non-hydrogen) atoms. The molecule has 0 aliphatic carbocycles. The van der Waals surface area contributed by atoms with Crippen LogP contribution in [-0.4, -0.2) is 37.0 Å². The summed E-state index contributed by atoms with van der Waals surface area (Å²) in [7, 11) is 0. The molecule has 1 aliphatic rings. The Balaban J connectivity index is 1.64. The molecule has 0 radical (unpaired) electrons. The van der Waals surface area contributed by atoms with Crippen LogP contribution in [0.5, 0.6) is 0 Å². The van der Waals surface area contributed by atoms with Crippen molar-refractivity contribution in [1.82, 2.24) is 4.90 Å². The van der Waals surface area contributed by atoms with E-state index in [9.17, 15) is 9.18 Å². The number of hydrogen-bond acceptors (Lipinski definition) is 3. The van der Waals surface area contributed by atoms with Crippen LogP contribution in [0.4, 0.5) is 15.8 Å². The van der Waals surface area contributed by atoms with E-state index >= 15 is 0 Å². The van der Waals surface area contributed by atoms with E-state index in [0.717, 1.165) is 24.5 Å². The van der Waals surface area contributed by atoms with Gasteiger partial charge in [0.1, 0.15) is 5.82 Å². The van der Waals surface area contributed by atoms with Crippen molar-refractivity contribution < 1.29 is 9.18 Å². The molecule has 1 amide bonds. The minimum Gasteiger partial charge on any atom is -0.399 e. The largest absolute Gasteiger partial charge is 0.399 e. The molecule has 0 saturated carbocycles. The highest BCUT2D eigenvalue weighted by Crippen LogP contribution is 2.19. The van der Waals surface area contributed by atoms with Crippen molar-refractivity contribution in [2.24, 2.45) is 0 Å². The van der Waals surface area contributed by atoms with Crippen LogP contribution in [0, 0.1) is 5.82 Å². The molecule has 1 saturated heterocycles. The maximum atomic E-state index is 13.2. The van der Waals surface area contributed by atoms with Gasteiger partial charge in [-0.25, -0.2) is 4.39 Å². The molecule has 1 heterocycles. The summed E-state index contributed by atoms with van der Waals surface area (Å²) < 4.78 is 13.2. The Morgan fingerprint density at radius 2 is 1.68 bits per heavy atom. The maximum absolute atomic E-state index is 13.2. The maximum Gasteiger partial charge on any atom is 0.254 e. The zero-order valence-corrected chi connectivity index (χ0v) is 12.2. The lowest BCUT2D eigenvalue weighted by atomic mass is 10.1. The highest BCUT2D eigenvalue weighted by atomic mass is 19.1. The zero-order chi connectivity index (χ0) is 15.5. The third kappa shape index (κ3) is 3.03. The third-order valence-electron chi connectivity index (χ3n) is 3.90. The van der Waals surface area contributed by atoms with E-state index in [4.69, 9.17) is 5.73 Å². The molecule has 1 aliphatic heterocycles. The van der Waals surface area contributed by atoms with E-state index in [1.54, 1.807) is 17.0 Å². The second-order valence-corrected chi connectivity index (χ2v) is 5.38. The number of amides is 1. The fourth-order valence-electron chi connectivity index (χ4n) is 2.66. The van der Waals surface area contributed by atoms with E-state index < -0.39 is 0 Å². The van der Waals surface area contributed by atoms with Gasteiger partial charge in [0.05, 0.1) is 0 Å². The van der Waals surface area contributed by atoms with Crippen molar-refractivity contribution in [2.75, 3.05) is 36.8 Å². The summed E-state index contributed by atoms with van der Waals surface area (Å²) in [6, 6.07) is 13.6. The number of carbonyl (C=O) groups excluding carboxylic acids is 1. The molecule has 0 atom stereocenters. The molecule has 114 valence electrons. The van der Waals surface area contributed by atoms with Gasteiger partial charge in [-0.1, -0.05) is 6.07 Å². The van der Waals surface area contributed by atoms with Crippen LogP contribution >= 0.6 is 0 Å². The zero-order valence-electron chi connectivity index (χ0n) is 12.2. The molecule has 2 aromatic carbocycles. The van der Waals surface area contributed by atoms with Gasteiger partial charge in [-0.15, -0.1) is 0 Å². The fourth-order valence-corrected chi connectivity index (χ4v) is 2.66. The lowest BCUT2D eigenvalue weighted by Crippen LogP contribution is -2.48. The Morgan fingerprint density at radius 1 is 1.00 bits per heavy atom. The van der Waals surface area contributed by atoms with Crippen molar-refractivity contribution in [1.29, 1.82) is 0 Å². The van der Waals surface area contributed by atoms with Crippen molar-refractivity contribution >= 4 is 17.3 Å². The third-order valence-corrected chi connectivity index (χ3v) is 3.90. The topological polar surface area (TPSA) is 49.6 Å². The van der Waals surface area contributed by atoms with Crippen molar-refractivity contribution in [3.05, 3.63) is 59.9 Å². The minimum absolute atomic E-state index is 0.114. The van der Waals surface area contributed by atoms with Crippen LogP contribution in [0.2, 0.25) is 0 Å². The number of benzene rings is 2. The number of rotatable bonds is 2. The van der Waals surface area contributed by atoms with Crippen LogP contribution in [0.3, 0.4) is 0 Å². The molecule has 1 fully saturated rings. The molecule has 2 N–H and O–H groups in total. The number of hydrogen-bond donors (Lipinski definition) is 1. The molecule has 4 nitrogen and oxygen atoms in total. The lowest BCUT2D eigenvalue weighted by molar-refractivity contribution is 0.0746. The van der Waals surface area contributed by atoms with E-state index in [2.05, 4.69) is 4.90 Å².